The molecule has 0 spiro atoms. The highest BCUT2D eigenvalue weighted by atomic mass is 16.4. The van der Waals surface area contributed by atoms with Crippen LogP contribution in [0, 0.1) is 0 Å². The Morgan fingerprint density at radius 1 is 1.10 bits per heavy atom. The van der Waals surface area contributed by atoms with Gasteiger partial charge < -0.3 is 10.2 Å². The van der Waals surface area contributed by atoms with Gasteiger partial charge in [0.1, 0.15) is 0 Å². The first-order valence-electron chi connectivity index (χ1n) is 7.08. The third-order valence-corrected chi connectivity index (χ3v) is 3.38. The van der Waals surface area contributed by atoms with Gasteiger partial charge in [0, 0.05) is 6.42 Å². The molecule has 0 aliphatic carbocycles. The number of hydrogen-bond donors (Lipinski definition) is 2. The summed E-state index contributed by atoms with van der Waals surface area (Å²) in [7, 11) is 0. The number of benzene rings is 1. The molecular weight excluding hydrogens is 256 g/mol. The van der Waals surface area contributed by atoms with Crippen LogP contribution in [0.4, 0.5) is 0 Å². The Labute approximate surface area is 119 Å². The second-order valence-corrected chi connectivity index (χ2v) is 5.02. The number of unbranched alkanes of at least 4 members (excludes halogenated alkanes) is 1. The Bertz CT molecular complexity index is 436. The zero-order valence-corrected chi connectivity index (χ0v) is 11.8. The molecule has 0 amide bonds. The maximum atomic E-state index is 11.3. The second kappa shape index (κ2) is 8.35. The highest BCUT2D eigenvalue weighted by Crippen LogP contribution is 2.23. The molecule has 1 rings (SSSR count). The summed E-state index contributed by atoms with van der Waals surface area (Å²) in [4.78, 5) is 21.7. The summed E-state index contributed by atoms with van der Waals surface area (Å²) in [6.45, 7) is 2.05. The number of rotatable bonds is 9. The summed E-state index contributed by atoms with van der Waals surface area (Å²) in [5.74, 6) is -2.01. The van der Waals surface area contributed by atoms with Crippen molar-refractivity contribution in [2.75, 3.05) is 0 Å². The van der Waals surface area contributed by atoms with Gasteiger partial charge in [0.25, 0.3) is 0 Å². The molecule has 1 aromatic rings. The van der Waals surface area contributed by atoms with Crippen molar-refractivity contribution in [1.29, 1.82) is 0 Å². The lowest BCUT2D eigenvalue weighted by Crippen LogP contribution is -2.11. The number of aryl methyl sites for hydroxylation is 1. The van der Waals surface area contributed by atoms with Crippen LogP contribution in [0.1, 0.15) is 56.1 Å². The summed E-state index contributed by atoms with van der Waals surface area (Å²) < 4.78 is 0. The molecule has 110 valence electrons. The Morgan fingerprint density at radius 2 is 1.75 bits per heavy atom. The van der Waals surface area contributed by atoms with E-state index < -0.39 is 17.9 Å². The third-order valence-electron chi connectivity index (χ3n) is 3.38. The van der Waals surface area contributed by atoms with E-state index in [1.54, 1.807) is 0 Å². The average molecular weight is 278 g/mol. The van der Waals surface area contributed by atoms with Crippen LogP contribution in [0.2, 0.25) is 0 Å². The fourth-order valence-electron chi connectivity index (χ4n) is 2.20. The first kappa shape index (κ1) is 16.2. The summed E-state index contributed by atoms with van der Waals surface area (Å²) in [6, 6.07) is 7.51. The largest absolute Gasteiger partial charge is 0.481 e. The van der Waals surface area contributed by atoms with Crippen LogP contribution in [0.25, 0.3) is 0 Å². The van der Waals surface area contributed by atoms with Gasteiger partial charge in [-0.05, 0) is 30.4 Å². The van der Waals surface area contributed by atoms with Crippen LogP contribution in [0.15, 0.2) is 24.3 Å². The van der Waals surface area contributed by atoms with Crippen LogP contribution in [-0.2, 0) is 16.0 Å². The molecule has 0 aliphatic heterocycles. The van der Waals surface area contributed by atoms with Crippen molar-refractivity contribution in [3.63, 3.8) is 0 Å². The van der Waals surface area contributed by atoms with Gasteiger partial charge in [0.2, 0.25) is 0 Å². The molecule has 1 atom stereocenters. The minimum absolute atomic E-state index is 0.163. The van der Waals surface area contributed by atoms with Crippen molar-refractivity contribution in [1.82, 2.24) is 0 Å². The van der Waals surface area contributed by atoms with Crippen molar-refractivity contribution in [3.8, 4) is 0 Å². The zero-order chi connectivity index (χ0) is 15.0. The minimum Gasteiger partial charge on any atom is -0.481 e. The quantitative estimate of drug-likeness (QED) is 0.725. The molecule has 1 aromatic carbocycles. The van der Waals surface area contributed by atoms with Gasteiger partial charge >= 0.3 is 11.9 Å². The molecule has 0 saturated carbocycles. The normalized spacial score (nSPS) is 12.1. The first-order chi connectivity index (χ1) is 9.54. The summed E-state index contributed by atoms with van der Waals surface area (Å²) in [6.07, 6.45) is 4.01. The number of hydrogen-bond acceptors (Lipinski definition) is 2. The van der Waals surface area contributed by atoms with Gasteiger partial charge in [-0.25, -0.2) is 0 Å². The number of carboxylic acid groups (broad SMARTS) is 2. The van der Waals surface area contributed by atoms with E-state index in [2.05, 4.69) is 0 Å². The molecule has 1 unspecified atom stereocenters. The standard InChI is InChI=1S/C16H22O4/c1-2-3-6-14(16(19)20)13-10-8-12(9-11-13)5-4-7-15(17)18/h8-11,14H,2-7H2,1H3,(H,17,18)(H,19,20). The lowest BCUT2D eigenvalue weighted by Gasteiger charge is -2.12. The predicted molar refractivity (Wildman–Crippen MR) is 76.9 cm³/mol. The first-order valence-corrected chi connectivity index (χ1v) is 7.08. The Hall–Kier alpha value is -1.84. The van der Waals surface area contributed by atoms with E-state index >= 15 is 0 Å². The van der Waals surface area contributed by atoms with Crippen molar-refractivity contribution in [2.24, 2.45) is 0 Å². The average Bonchev–Trinajstić information content (AvgIpc) is 2.40. The van der Waals surface area contributed by atoms with Gasteiger partial charge in [0.15, 0.2) is 0 Å². The third kappa shape index (κ3) is 5.43. The van der Waals surface area contributed by atoms with Crippen LogP contribution in [0.5, 0.6) is 0 Å². The van der Waals surface area contributed by atoms with E-state index in [1.807, 2.05) is 31.2 Å². The molecule has 0 heterocycles. The topological polar surface area (TPSA) is 74.6 Å². The molecule has 2 N–H and O–H groups in total. The van der Waals surface area contributed by atoms with Crippen LogP contribution in [-0.4, -0.2) is 22.2 Å². The highest BCUT2D eigenvalue weighted by molar-refractivity contribution is 5.76. The van der Waals surface area contributed by atoms with E-state index in [0.29, 0.717) is 19.3 Å². The zero-order valence-electron chi connectivity index (χ0n) is 11.8. The van der Waals surface area contributed by atoms with Gasteiger partial charge in [-0.2, -0.15) is 0 Å². The number of aliphatic carboxylic acids is 2. The SMILES string of the molecule is CCCCC(C(=O)O)c1ccc(CCCC(=O)O)cc1. The predicted octanol–water partition coefficient (Wildman–Crippen LogP) is 3.45. The van der Waals surface area contributed by atoms with E-state index in [4.69, 9.17) is 5.11 Å². The molecule has 0 aromatic heterocycles. The summed E-state index contributed by atoms with van der Waals surface area (Å²) in [5.41, 5.74) is 1.88. The van der Waals surface area contributed by atoms with Crippen molar-refractivity contribution >= 4 is 11.9 Å². The summed E-state index contributed by atoms with van der Waals surface area (Å²) in [5, 5.41) is 17.8. The fraction of sp³-hybridized carbons (Fsp3) is 0.500. The molecular formula is C16H22O4. The van der Waals surface area contributed by atoms with Gasteiger partial charge in [-0.15, -0.1) is 0 Å². The second-order valence-electron chi connectivity index (χ2n) is 5.02. The van der Waals surface area contributed by atoms with Crippen LogP contribution < -0.4 is 0 Å². The van der Waals surface area contributed by atoms with E-state index in [1.165, 1.54) is 0 Å². The molecule has 4 heteroatoms. The number of carboxylic acids is 2. The monoisotopic (exact) mass is 278 g/mol. The van der Waals surface area contributed by atoms with Crippen LogP contribution >= 0.6 is 0 Å². The maximum absolute atomic E-state index is 11.3. The highest BCUT2D eigenvalue weighted by Gasteiger charge is 2.18. The number of carbonyl (C=O) groups is 2. The molecule has 0 saturated heterocycles. The lowest BCUT2D eigenvalue weighted by atomic mass is 9.92. The van der Waals surface area contributed by atoms with Gasteiger partial charge in [0.05, 0.1) is 5.92 Å². The van der Waals surface area contributed by atoms with E-state index in [-0.39, 0.29) is 6.42 Å². The van der Waals surface area contributed by atoms with Crippen molar-refractivity contribution < 1.29 is 19.8 Å². The Morgan fingerprint density at radius 3 is 2.25 bits per heavy atom. The smallest absolute Gasteiger partial charge is 0.310 e. The molecule has 0 bridgehead atoms. The van der Waals surface area contributed by atoms with E-state index in [0.717, 1.165) is 24.0 Å². The lowest BCUT2D eigenvalue weighted by molar-refractivity contribution is -0.139. The van der Waals surface area contributed by atoms with Crippen LogP contribution in [0.3, 0.4) is 0 Å². The Balaban J connectivity index is 2.63. The molecule has 0 aliphatic rings. The summed E-state index contributed by atoms with van der Waals surface area (Å²) >= 11 is 0. The molecule has 20 heavy (non-hydrogen) atoms. The maximum Gasteiger partial charge on any atom is 0.310 e. The molecule has 0 radical (unpaired) electrons. The molecule has 4 nitrogen and oxygen atoms in total. The Kier molecular flexibility index (Phi) is 6.77. The van der Waals surface area contributed by atoms with Gasteiger partial charge in [-0.1, -0.05) is 44.0 Å². The van der Waals surface area contributed by atoms with Crippen molar-refractivity contribution in [2.45, 2.75) is 51.4 Å². The minimum atomic E-state index is -0.785. The fourth-order valence-corrected chi connectivity index (χ4v) is 2.20. The van der Waals surface area contributed by atoms with Gasteiger partial charge in [-0.3, -0.25) is 9.59 Å². The van der Waals surface area contributed by atoms with E-state index in [9.17, 15) is 14.7 Å². The van der Waals surface area contributed by atoms with Crippen molar-refractivity contribution in [3.05, 3.63) is 35.4 Å². The molecule has 0 fully saturated rings.